The van der Waals surface area contributed by atoms with Crippen molar-refractivity contribution in [2.24, 2.45) is 0 Å². The van der Waals surface area contributed by atoms with Crippen LogP contribution in [0.2, 0.25) is 8.87 Å². The monoisotopic (exact) mass is 464 g/mol. The van der Waals surface area contributed by atoms with E-state index in [-0.39, 0.29) is 21.1 Å². The van der Waals surface area contributed by atoms with Crippen molar-refractivity contribution in [3.05, 3.63) is 0 Å². The van der Waals surface area contributed by atoms with Gasteiger partial charge in [-0.05, 0) is 54.9 Å². The number of nitrogens with zero attached hydrogens (tertiary/aromatic N) is 2. The summed E-state index contributed by atoms with van der Waals surface area (Å²) < 4.78 is 3.25. The van der Waals surface area contributed by atoms with Gasteiger partial charge in [-0.25, -0.2) is 0 Å². The van der Waals surface area contributed by atoms with Gasteiger partial charge in [0.2, 0.25) is 0 Å². The zero-order valence-electron chi connectivity index (χ0n) is 19.6. The molecule has 3 heteroatoms. The predicted octanol–water partition coefficient (Wildman–Crippen LogP) is 6.60. The molecule has 0 aromatic carbocycles. The van der Waals surface area contributed by atoms with E-state index < -0.39 is 0 Å². The average Bonchev–Trinajstić information content (AvgIpc) is 2.56. The molecule has 0 saturated carbocycles. The van der Waals surface area contributed by atoms with Crippen molar-refractivity contribution in [3.8, 4) is 0 Å². The Labute approximate surface area is 172 Å². The first-order valence-electron chi connectivity index (χ1n) is 10.8. The molecule has 0 N–H and O–H groups in total. The van der Waals surface area contributed by atoms with E-state index in [2.05, 4.69) is 79.5 Å². The standard InChI is InChI=1S/2C7H17N.2C4H9.Sn/c2*1-5-6-7(2)8(3)4;2*1-3-4-2;/h2*7H,5-6H2,1-4H3;2*1,3-4H2,2H3;. The quantitative estimate of drug-likeness (QED) is 0.238. The minimum atomic E-state index is 0.149. The van der Waals surface area contributed by atoms with Crippen molar-refractivity contribution >= 4 is 21.1 Å². The molecule has 0 aliphatic carbocycles. The molecule has 0 saturated heterocycles. The van der Waals surface area contributed by atoms with Gasteiger partial charge in [-0.1, -0.05) is 26.7 Å². The van der Waals surface area contributed by atoms with Crippen LogP contribution in [0.3, 0.4) is 0 Å². The van der Waals surface area contributed by atoms with Gasteiger partial charge in [0.25, 0.3) is 0 Å². The average molecular weight is 463 g/mol. The Morgan fingerprint density at radius 2 is 0.920 bits per heavy atom. The fraction of sp³-hybridized carbons (Fsp3) is 1.00. The Morgan fingerprint density at radius 1 is 0.600 bits per heavy atom. The summed E-state index contributed by atoms with van der Waals surface area (Å²) in [4.78, 5) is 4.51. The summed E-state index contributed by atoms with van der Waals surface area (Å²) in [5.74, 6) is 0. The Morgan fingerprint density at radius 3 is 1.08 bits per heavy atom. The van der Waals surface area contributed by atoms with Crippen LogP contribution < -0.4 is 0 Å². The van der Waals surface area contributed by atoms with Crippen LogP contribution >= 0.6 is 0 Å². The third-order valence-electron chi connectivity index (χ3n) is 4.59. The zero-order valence-corrected chi connectivity index (χ0v) is 22.5. The van der Waals surface area contributed by atoms with Crippen LogP contribution in [0.25, 0.3) is 0 Å². The van der Waals surface area contributed by atoms with E-state index in [9.17, 15) is 0 Å². The van der Waals surface area contributed by atoms with E-state index >= 15 is 0 Å². The second-order valence-corrected chi connectivity index (χ2v) is 11.9. The van der Waals surface area contributed by atoms with Crippen LogP contribution in [0.1, 0.15) is 92.9 Å². The third kappa shape index (κ3) is 29.7. The van der Waals surface area contributed by atoms with Crippen LogP contribution in [0.4, 0.5) is 0 Å². The predicted molar refractivity (Wildman–Crippen MR) is 121 cm³/mol. The molecule has 154 valence electrons. The molecule has 0 fully saturated rings. The van der Waals surface area contributed by atoms with Crippen molar-refractivity contribution in [1.82, 2.24) is 9.80 Å². The fourth-order valence-electron chi connectivity index (χ4n) is 2.08. The van der Waals surface area contributed by atoms with E-state index in [1.54, 1.807) is 8.87 Å². The molecule has 0 heterocycles. The molecule has 0 aliphatic heterocycles. The first kappa shape index (κ1) is 30.4. The van der Waals surface area contributed by atoms with E-state index in [1.807, 2.05) is 0 Å². The first-order chi connectivity index (χ1) is 11.8. The van der Waals surface area contributed by atoms with E-state index in [4.69, 9.17) is 0 Å². The Balaban J connectivity index is -0.000000291. The van der Waals surface area contributed by atoms with Gasteiger partial charge in [0, 0.05) is 12.1 Å². The molecule has 2 radical (unpaired) electrons. The van der Waals surface area contributed by atoms with E-state index in [1.165, 1.54) is 51.4 Å². The molecule has 2 nitrogen and oxygen atoms in total. The molecule has 0 spiro atoms. The van der Waals surface area contributed by atoms with Gasteiger partial charge >= 0.3 is 69.5 Å². The number of unbranched alkanes of at least 4 members (excludes halogenated alkanes) is 2. The number of rotatable bonds is 12. The molecule has 2 unspecified atom stereocenters. The maximum absolute atomic E-state index is 2.29. The topological polar surface area (TPSA) is 6.48 Å². The molecule has 0 rings (SSSR count). The summed E-state index contributed by atoms with van der Waals surface area (Å²) in [6.07, 6.45) is 11.0. The second-order valence-electron chi connectivity index (χ2n) is 7.66. The molecule has 0 amide bonds. The summed E-state index contributed by atoms with van der Waals surface area (Å²) in [5, 5.41) is 0. The van der Waals surface area contributed by atoms with Gasteiger partial charge < -0.3 is 9.80 Å². The zero-order chi connectivity index (χ0) is 20.1. The minimum absolute atomic E-state index is 0.149. The van der Waals surface area contributed by atoms with Gasteiger partial charge in [-0.2, -0.15) is 0 Å². The van der Waals surface area contributed by atoms with Crippen molar-refractivity contribution < 1.29 is 0 Å². The van der Waals surface area contributed by atoms with Crippen LogP contribution in [0.15, 0.2) is 0 Å². The van der Waals surface area contributed by atoms with E-state index in [0.717, 1.165) is 12.1 Å². The van der Waals surface area contributed by atoms with Crippen molar-refractivity contribution in [3.63, 3.8) is 0 Å². The SMILES string of the molecule is CCCC(C)N(C)C.CCCC(C)N(C)C.CCC[CH2][Sn][CH2]CCC. The Hall–Kier alpha value is 0.719. The number of hydrogen-bond acceptors (Lipinski definition) is 2. The summed E-state index contributed by atoms with van der Waals surface area (Å²) >= 11 is 0.149. The molecular weight excluding hydrogens is 411 g/mol. The maximum atomic E-state index is 2.29. The van der Waals surface area contributed by atoms with Crippen molar-refractivity contribution in [1.29, 1.82) is 0 Å². The molecule has 0 aromatic rings. The van der Waals surface area contributed by atoms with Crippen LogP contribution in [-0.2, 0) is 0 Å². The van der Waals surface area contributed by atoms with Gasteiger partial charge in [-0.15, -0.1) is 0 Å². The van der Waals surface area contributed by atoms with Gasteiger partial charge in [0.1, 0.15) is 0 Å². The molecule has 25 heavy (non-hydrogen) atoms. The van der Waals surface area contributed by atoms with Gasteiger partial charge in [-0.3, -0.25) is 0 Å². The summed E-state index contributed by atoms with van der Waals surface area (Å²) in [5.41, 5.74) is 0. The van der Waals surface area contributed by atoms with Gasteiger partial charge in [0.15, 0.2) is 0 Å². The molecule has 0 aliphatic rings. The fourth-order valence-corrected chi connectivity index (χ4v) is 6.24. The van der Waals surface area contributed by atoms with Crippen LogP contribution in [0.5, 0.6) is 0 Å². The van der Waals surface area contributed by atoms with Gasteiger partial charge in [0.05, 0.1) is 0 Å². The van der Waals surface area contributed by atoms with Crippen molar-refractivity contribution in [2.75, 3.05) is 28.2 Å². The summed E-state index contributed by atoms with van der Waals surface area (Å²) in [7, 11) is 8.50. The number of hydrogen-bond donors (Lipinski definition) is 0. The molecule has 0 aromatic heterocycles. The second kappa shape index (κ2) is 24.7. The first-order valence-corrected chi connectivity index (χ1v) is 14.8. The van der Waals surface area contributed by atoms with Crippen LogP contribution in [0, 0.1) is 0 Å². The molecule has 2 atom stereocenters. The summed E-state index contributed by atoms with van der Waals surface area (Å²) in [6.45, 7) is 13.5. The molecular formula is C22H52N2Sn. The Bertz CT molecular complexity index is 198. The van der Waals surface area contributed by atoms with Crippen LogP contribution in [-0.4, -0.2) is 71.2 Å². The molecule has 0 bridgehead atoms. The normalized spacial score (nSPS) is 13.0. The van der Waals surface area contributed by atoms with E-state index in [0.29, 0.717) is 0 Å². The Kier molecular flexibility index (Phi) is 30.1. The van der Waals surface area contributed by atoms with Crippen molar-refractivity contribution in [2.45, 2.75) is 114 Å². The summed E-state index contributed by atoms with van der Waals surface area (Å²) in [6, 6.07) is 1.50. The third-order valence-corrected chi connectivity index (χ3v) is 8.63.